The van der Waals surface area contributed by atoms with E-state index in [4.69, 9.17) is 5.73 Å². The van der Waals surface area contributed by atoms with E-state index in [1.54, 1.807) is 0 Å². The van der Waals surface area contributed by atoms with Crippen LogP contribution >= 0.6 is 0 Å². The van der Waals surface area contributed by atoms with Gasteiger partial charge in [-0.05, 0) is 0 Å². The number of carbonyl (C=O) groups excluding carboxylic acids is 1. The Hall–Kier alpha value is -1.52. The van der Waals surface area contributed by atoms with E-state index < -0.39 is 5.97 Å². The number of nitrogen functional groups attached to an aromatic ring is 1. The van der Waals surface area contributed by atoms with Crippen molar-refractivity contribution in [3.63, 3.8) is 0 Å². The molecule has 1 heterocycles. The summed E-state index contributed by atoms with van der Waals surface area (Å²) in [7, 11) is 1.24. The van der Waals surface area contributed by atoms with Crippen molar-refractivity contribution in [1.29, 1.82) is 0 Å². The van der Waals surface area contributed by atoms with Crippen LogP contribution in [0.4, 0.5) is 5.82 Å². The number of anilines is 1. The summed E-state index contributed by atoms with van der Waals surface area (Å²) < 4.78 is 8.91. The topological polar surface area (TPSA) is 78.3 Å². The third-order valence-corrected chi connectivity index (χ3v) is 0.882. The van der Waals surface area contributed by atoms with Gasteiger partial charge >= 0.3 is 11.9 Å². The quantitative estimate of drug-likeness (QED) is 0.560. The highest BCUT2D eigenvalue weighted by Gasteiger charge is 2.10. The summed E-state index contributed by atoms with van der Waals surface area (Å²) in [6.45, 7) is 0. The fraction of sp³-hybridized carbons (Fsp3) is 0.200. The van der Waals surface area contributed by atoms with Crippen LogP contribution in [-0.4, -0.2) is 18.1 Å². The number of aromatic nitrogens is 1. The lowest BCUT2D eigenvalue weighted by Crippen LogP contribution is -2.01. The van der Waals surface area contributed by atoms with Crippen LogP contribution in [-0.2, 0) is 4.74 Å². The van der Waals surface area contributed by atoms with Gasteiger partial charge < -0.3 is 14.9 Å². The molecule has 0 aliphatic heterocycles. The number of rotatable bonds is 1. The van der Waals surface area contributed by atoms with E-state index in [0.29, 0.717) is 0 Å². The second-order valence-electron chi connectivity index (χ2n) is 1.57. The zero-order chi connectivity index (χ0) is 7.56. The molecule has 5 nitrogen and oxygen atoms in total. The third-order valence-electron chi connectivity index (χ3n) is 0.882. The molecular formula is C5H6N2O3. The molecule has 1 rings (SSSR count). The Kier molecular flexibility index (Phi) is 1.57. The Morgan fingerprint density at radius 3 is 3.00 bits per heavy atom. The first-order valence-electron chi connectivity index (χ1n) is 2.53. The first kappa shape index (κ1) is 6.60. The molecule has 0 aliphatic carbocycles. The first-order valence-corrected chi connectivity index (χ1v) is 2.53. The Morgan fingerprint density at radius 1 is 1.90 bits per heavy atom. The average molecular weight is 142 g/mol. The number of oxazole rings is 1. The highest BCUT2D eigenvalue weighted by molar-refractivity contribution is 5.84. The molecule has 0 atom stereocenters. The van der Waals surface area contributed by atoms with Crippen molar-refractivity contribution < 1.29 is 13.9 Å². The van der Waals surface area contributed by atoms with E-state index in [1.807, 2.05) is 0 Å². The van der Waals surface area contributed by atoms with Gasteiger partial charge in [0.1, 0.15) is 6.26 Å². The van der Waals surface area contributed by atoms with Crippen molar-refractivity contribution >= 4 is 11.8 Å². The normalized spacial score (nSPS) is 9.30. The van der Waals surface area contributed by atoms with Crippen molar-refractivity contribution in [3.8, 4) is 0 Å². The van der Waals surface area contributed by atoms with Gasteiger partial charge in [-0.1, -0.05) is 0 Å². The molecule has 0 fully saturated rings. The molecule has 0 radical (unpaired) electrons. The number of nitrogens with zero attached hydrogens (tertiary/aromatic N) is 1. The van der Waals surface area contributed by atoms with Gasteiger partial charge in [0.15, 0.2) is 5.82 Å². The molecule has 54 valence electrons. The zero-order valence-electron chi connectivity index (χ0n) is 5.33. The summed E-state index contributed by atoms with van der Waals surface area (Å²) >= 11 is 0. The van der Waals surface area contributed by atoms with Crippen LogP contribution in [0.3, 0.4) is 0 Å². The summed E-state index contributed by atoms with van der Waals surface area (Å²) in [5.41, 5.74) is 5.16. The number of ether oxygens (including phenoxy) is 1. The van der Waals surface area contributed by atoms with Gasteiger partial charge in [-0.15, -0.1) is 0 Å². The lowest BCUT2D eigenvalue weighted by molar-refractivity contribution is 0.0556. The first-order chi connectivity index (χ1) is 4.74. The van der Waals surface area contributed by atoms with E-state index >= 15 is 0 Å². The number of nitrogens with two attached hydrogens (primary N) is 1. The van der Waals surface area contributed by atoms with Crippen molar-refractivity contribution in [1.82, 2.24) is 4.98 Å². The van der Waals surface area contributed by atoms with Gasteiger partial charge in [-0.25, -0.2) is 4.79 Å². The van der Waals surface area contributed by atoms with Crippen LogP contribution < -0.4 is 5.73 Å². The predicted molar refractivity (Wildman–Crippen MR) is 32.3 cm³/mol. The van der Waals surface area contributed by atoms with Gasteiger partial charge in [0, 0.05) is 0 Å². The highest BCUT2D eigenvalue weighted by atomic mass is 16.5. The maximum atomic E-state index is 10.6. The molecule has 0 amide bonds. The molecule has 2 N–H and O–H groups in total. The minimum absolute atomic E-state index is 0.125. The van der Waals surface area contributed by atoms with E-state index in [9.17, 15) is 4.79 Å². The van der Waals surface area contributed by atoms with Crippen LogP contribution in [0.5, 0.6) is 0 Å². The SMILES string of the molecule is COC(=O)c1nc(N)co1. The molecule has 0 saturated heterocycles. The van der Waals surface area contributed by atoms with Crippen molar-refractivity contribution in [2.45, 2.75) is 0 Å². The summed E-state index contributed by atoms with van der Waals surface area (Å²) in [5, 5.41) is 0. The molecule has 0 bridgehead atoms. The largest absolute Gasteiger partial charge is 0.462 e. The zero-order valence-corrected chi connectivity index (χ0v) is 5.33. The second kappa shape index (κ2) is 2.38. The van der Waals surface area contributed by atoms with Gasteiger partial charge in [-0.3, -0.25) is 0 Å². The summed E-state index contributed by atoms with van der Waals surface area (Å²) in [6.07, 6.45) is 1.17. The molecule has 0 unspecified atom stereocenters. The van der Waals surface area contributed by atoms with Gasteiger partial charge in [0.2, 0.25) is 0 Å². The summed E-state index contributed by atoms with van der Waals surface area (Å²) in [5.74, 6) is -0.586. The average Bonchev–Trinajstić information content (AvgIpc) is 2.34. The van der Waals surface area contributed by atoms with Crippen LogP contribution in [0.25, 0.3) is 0 Å². The number of hydrogen-bond acceptors (Lipinski definition) is 5. The van der Waals surface area contributed by atoms with E-state index in [2.05, 4.69) is 14.1 Å². The van der Waals surface area contributed by atoms with Crippen LogP contribution in [0.2, 0.25) is 0 Å². The second-order valence-corrected chi connectivity index (χ2v) is 1.57. The van der Waals surface area contributed by atoms with E-state index in [1.165, 1.54) is 13.4 Å². The fourth-order valence-electron chi connectivity index (χ4n) is 0.467. The Morgan fingerprint density at radius 2 is 2.60 bits per heavy atom. The maximum absolute atomic E-state index is 10.6. The fourth-order valence-corrected chi connectivity index (χ4v) is 0.467. The van der Waals surface area contributed by atoms with Crippen molar-refractivity contribution in [2.24, 2.45) is 0 Å². The van der Waals surface area contributed by atoms with Crippen molar-refractivity contribution in [2.75, 3.05) is 12.8 Å². The van der Waals surface area contributed by atoms with Crippen LogP contribution in [0.15, 0.2) is 10.7 Å². The number of methoxy groups -OCH3 is 1. The molecule has 0 aromatic carbocycles. The molecule has 0 saturated carbocycles. The standard InChI is InChI=1S/C5H6N2O3/c1-9-5(8)4-7-3(6)2-10-4/h2H,6H2,1H3. The molecular weight excluding hydrogens is 136 g/mol. The minimum Gasteiger partial charge on any atom is -0.462 e. The molecule has 0 aliphatic rings. The molecule has 1 aromatic rings. The smallest absolute Gasteiger partial charge is 0.394 e. The molecule has 1 aromatic heterocycles. The number of hydrogen-bond donors (Lipinski definition) is 1. The Bertz CT molecular complexity index is 243. The highest BCUT2D eigenvalue weighted by Crippen LogP contribution is 2.03. The van der Waals surface area contributed by atoms with Crippen LogP contribution in [0.1, 0.15) is 10.7 Å². The number of carbonyl (C=O) groups is 1. The molecule has 10 heavy (non-hydrogen) atoms. The third kappa shape index (κ3) is 1.07. The van der Waals surface area contributed by atoms with Crippen molar-refractivity contribution in [3.05, 3.63) is 12.2 Å². The van der Waals surface area contributed by atoms with E-state index in [0.717, 1.165) is 0 Å². The molecule has 5 heteroatoms. The predicted octanol–water partition coefficient (Wildman–Crippen LogP) is 0.0434. The van der Waals surface area contributed by atoms with Crippen LogP contribution in [0, 0.1) is 0 Å². The maximum Gasteiger partial charge on any atom is 0.394 e. The van der Waals surface area contributed by atoms with Gasteiger partial charge in [-0.2, -0.15) is 4.98 Å². The van der Waals surface area contributed by atoms with Gasteiger partial charge in [0.25, 0.3) is 0 Å². The number of esters is 1. The summed E-state index contributed by atoms with van der Waals surface area (Å²) in [4.78, 5) is 14.1. The lowest BCUT2D eigenvalue weighted by atomic mass is 10.7. The van der Waals surface area contributed by atoms with E-state index in [-0.39, 0.29) is 11.7 Å². The van der Waals surface area contributed by atoms with Gasteiger partial charge in [0.05, 0.1) is 7.11 Å². The molecule has 0 spiro atoms. The monoisotopic (exact) mass is 142 g/mol. The minimum atomic E-state index is -0.628. The Balaban J connectivity index is 2.85. The Labute approximate surface area is 56.8 Å². The summed E-state index contributed by atoms with van der Waals surface area (Å²) in [6, 6.07) is 0. The lowest BCUT2D eigenvalue weighted by Gasteiger charge is -1.88.